The van der Waals surface area contributed by atoms with Crippen molar-refractivity contribution in [3.63, 3.8) is 0 Å². The van der Waals surface area contributed by atoms with Crippen molar-refractivity contribution in [2.24, 2.45) is 4.99 Å². The normalized spacial score (nSPS) is 17.1. The van der Waals surface area contributed by atoms with Crippen molar-refractivity contribution in [2.45, 2.75) is 19.3 Å². The van der Waals surface area contributed by atoms with Gasteiger partial charge in [-0.05, 0) is 30.9 Å². The number of rotatable bonds is 2. The van der Waals surface area contributed by atoms with Crippen molar-refractivity contribution in [1.29, 1.82) is 0 Å². The molecule has 0 spiro atoms. The summed E-state index contributed by atoms with van der Waals surface area (Å²) < 4.78 is 4.92. The largest absolute Gasteiger partial charge is 0.465 e. The highest BCUT2D eigenvalue weighted by molar-refractivity contribution is 7.16. The summed E-state index contributed by atoms with van der Waals surface area (Å²) in [6, 6.07) is 7.42. The zero-order valence-corrected chi connectivity index (χ0v) is 13.3. The summed E-state index contributed by atoms with van der Waals surface area (Å²) in [6.07, 6.45) is 2.87. The van der Waals surface area contributed by atoms with E-state index in [9.17, 15) is 9.59 Å². The maximum Gasteiger partial charge on any atom is 0.341 e. The number of nitrogens with one attached hydrogen (secondary N) is 1. The van der Waals surface area contributed by atoms with Crippen LogP contribution in [0.3, 0.4) is 0 Å². The first-order chi connectivity index (χ1) is 11.2. The van der Waals surface area contributed by atoms with Crippen LogP contribution in [0.5, 0.6) is 0 Å². The quantitative estimate of drug-likeness (QED) is 0.862. The van der Waals surface area contributed by atoms with Crippen molar-refractivity contribution in [3.8, 4) is 0 Å². The molecule has 0 saturated carbocycles. The van der Waals surface area contributed by atoms with Crippen LogP contribution in [0, 0.1) is 0 Å². The van der Waals surface area contributed by atoms with Gasteiger partial charge in [-0.1, -0.05) is 18.2 Å². The molecule has 1 aliphatic heterocycles. The van der Waals surface area contributed by atoms with Crippen molar-refractivity contribution >= 4 is 39.6 Å². The summed E-state index contributed by atoms with van der Waals surface area (Å²) in [5, 5.41) is 3.37. The van der Waals surface area contributed by atoms with E-state index in [2.05, 4.69) is 10.3 Å². The second kappa shape index (κ2) is 5.31. The maximum absolute atomic E-state index is 12.2. The number of carbonyl (C=O) groups excluding carboxylic acids is 2. The van der Waals surface area contributed by atoms with E-state index in [0.717, 1.165) is 36.1 Å². The van der Waals surface area contributed by atoms with Gasteiger partial charge in [-0.15, -0.1) is 11.3 Å². The molecular formula is C17H14N2O3S. The van der Waals surface area contributed by atoms with Crippen LogP contribution in [0.15, 0.2) is 29.3 Å². The summed E-state index contributed by atoms with van der Waals surface area (Å²) >= 11 is 1.49. The lowest BCUT2D eigenvalue weighted by atomic mass is 10.1. The average molecular weight is 326 g/mol. The summed E-state index contributed by atoms with van der Waals surface area (Å²) in [5.74, 6) is -0.619. The zero-order valence-electron chi connectivity index (χ0n) is 12.5. The van der Waals surface area contributed by atoms with Gasteiger partial charge >= 0.3 is 5.97 Å². The predicted molar refractivity (Wildman–Crippen MR) is 89.0 cm³/mol. The molecule has 5 nitrogen and oxygen atoms in total. The van der Waals surface area contributed by atoms with E-state index in [0.29, 0.717) is 16.3 Å². The highest BCUT2D eigenvalue weighted by Crippen LogP contribution is 2.42. The van der Waals surface area contributed by atoms with E-state index in [1.807, 2.05) is 24.3 Å². The second-order valence-electron chi connectivity index (χ2n) is 5.49. The second-order valence-corrected chi connectivity index (χ2v) is 6.57. The van der Waals surface area contributed by atoms with Gasteiger partial charge in [0, 0.05) is 10.4 Å². The number of ether oxygens (including phenoxy) is 1. The average Bonchev–Trinajstić information content (AvgIpc) is 3.20. The predicted octanol–water partition coefficient (Wildman–Crippen LogP) is 3.10. The number of nitrogens with zero attached hydrogens (tertiary/aromatic N) is 1. The van der Waals surface area contributed by atoms with Crippen LogP contribution in [0.4, 0.5) is 10.7 Å². The number of thiophene rings is 1. The fourth-order valence-corrected chi connectivity index (χ4v) is 4.35. The Morgan fingerprint density at radius 1 is 1.30 bits per heavy atom. The van der Waals surface area contributed by atoms with Gasteiger partial charge in [0.1, 0.15) is 10.7 Å². The molecule has 0 atom stereocenters. The van der Waals surface area contributed by atoms with Crippen molar-refractivity contribution in [1.82, 2.24) is 0 Å². The first-order valence-electron chi connectivity index (χ1n) is 7.41. The van der Waals surface area contributed by atoms with Crippen LogP contribution >= 0.6 is 11.3 Å². The van der Waals surface area contributed by atoms with Crippen LogP contribution in [-0.2, 0) is 22.4 Å². The lowest BCUT2D eigenvalue weighted by Crippen LogP contribution is -2.14. The van der Waals surface area contributed by atoms with Gasteiger partial charge in [-0.3, -0.25) is 4.79 Å². The summed E-state index contributed by atoms with van der Waals surface area (Å²) in [4.78, 5) is 30.1. The number of aryl methyl sites for hydroxylation is 1. The Morgan fingerprint density at radius 2 is 2.13 bits per heavy atom. The van der Waals surface area contributed by atoms with Crippen LogP contribution in [-0.4, -0.2) is 24.7 Å². The van der Waals surface area contributed by atoms with Gasteiger partial charge in [0.2, 0.25) is 0 Å². The van der Waals surface area contributed by atoms with Crippen molar-refractivity contribution < 1.29 is 14.3 Å². The molecule has 1 aliphatic carbocycles. The number of methoxy groups -OCH3 is 1. The molecule has 2 aromatic rings. The number of benzene rings is 1. The zero-order chi connectivity index (χ0) is 16.0. The van der Waals surface area contributed by atoms with Gasteiger partial charge in [0.05, 0.1) is 18.4 Å². The molecule has 0 saturated heterocycles. The lowest BCUT2D eigenvalue weighted by molar-refractivity contribution is -0.110. The standard InChI is InChI=1S/C17H14N2O3S/c1-22-17(21)13-10-6-4-8-12(10)23-16(13)19-14-9-5-2-3-7-11(9)18-15(14)20/h2-3,5,7H,4,6,8H2,1H3,(H,18,19,20). The Balaban J connectivity index is 1.87. The molecule has 2 heterocycles. The van der Waals surface area contributed by atoms with Gasteiger partial charge in [0.15, 0.2) is 0 Å². The van der Waals surface area contributed by atoms with E-state index in [-0.39, 0.29) is 11.9 Å². The van der Waals surface area contributed by atoms with Crippen molar-refractivity contribution in [2.75, 3.05) is 12.4 Å². The molecule has 2 aliphatic rings. The lowest BCUT2D eigenvalue weighted by Gasteiger charge is -2.02. The van der Waals surface area contributed by atoms with Gasteiger partial charge < -0.3 is 10.1 Å². The van der Waals surface area contributed by atoms with E-state index in [1.165, 1.54) is 23.3 Å². The molecule has 0 bridgehead atoms. The molecule has 1 aromatic carbocycles. The first kappa shape index (κ1) is 14.1. The minimum absolute atomic E-state index is 0.240. The minimum atomic E-state index is -0.379. The molecule has 23 heavy (non-hydrogen) atoms. The third kappa shape index (κ3) is 2.17. The highest BCUT2D eigenvalue weighted by Gasteiger charge is 2.30. The number of amides is 1. The van der Waals surface area contributed by atoms with Gasteiger partial charge in [-0.2, -0.15) is 0 Å². The molecule has 0 unspecified atom stereocenters. The maximum atomic E-state index is 12.2. The Hall–Kier alpha value is -2.47. The smallest absolute Gasteiger partial charge is 0.341 e. The van der Waals surface area contributed by atoms with Crippen molar-refractivity contribution in [3.05, 3.63) is 45.8 Å². The molecular weight excluding hydrogens is 312 g/mol. The molecule has 4 rings (SSSR count). The Kier molecular flexibility index (Phi) is 3.27. The third-order valence-corrected chi connectivity index (χ3v) is 5.34. The van der Waals surface area contributed by atoms with E-state index >= 15 is 0 Å². The van der Waals surface area contributed by atoms with Gasteiger partial charge in [0.25, 0.3) is 5.91 Å². The molecule has 1 amide bonds. The SMILES string of the molecule is COC(=O)c1c(N=C2C(=O)Nc3ccccc32)sc2c1CCC2. The minimum Gasteiger partial charge on any atom is -0.465 e. The van der Waals surface area contributed by atoms with Crippen LogP contribution < -0.4 is 5.32 Å². The summed E-state index contributed by atoms with van der Waals surface area (Å²) in [6.45, 7) is 0. The fourth-order valence-electron chi connectivity index (χ4n) is 3.10. The number of hydrogen-bond acceptors (Lipinski definition) is 5. The monoisotopic (exact) mass is 326 g/mol. The topological polar surface area (TPSA) is 67.8 Å². The number of anilines is 1. The number of fused-ring (bicyclic) bond motifs is 2. The Bertz CT molecular complexity index is 867. The van der Waals surface area contributed by atoms with E-state index in [4.69, 9.17) is 4.74 Å². The highest BCUT2D eigenvalue weighted by atomic mass is 32.1. The number of hydrogen-bond donors (Lipinski definition) is 1. The van der Waals surface area contributed by atoms with Crippen LogP contribution in [0.2, 0.25) is 0 Å². The molecule has 6 heteroatoms. The molecule has 116 valence electrons. The van der Waals surface area contributed by atoms with Gasteiger partial charge in [-0.25, -0.2) is 9.79 Å². The van der Waals surface area contributed by atoms with E-state index in [1.54, 1.807) is 0 Å². The molecule has 1 aromatic heterocycles. The third-order valence-electron chi connectivity index (χ3n) is 4.15. The molecule has 0 radical (unpaired) electrons. The number of para-hydroxylation sites is 1. The first-order valence-corrected chi connectivity index (χ1v) is 8.23. The van der Waals surface area contributed by atoms with E-state index < -0.39 is 0 Å². The van der Waals surface area contributed by atoms with Crippen LogP contribution in [0.25, 0.3) is 0 Å². The Morgan fingerprint density at radius 3 is 2.96 bits per heavy atom. The number of aliphatic imine (C=N–C) groups is 1. The number of carbonyl (C=O) groups is 2. The summed E-state index contributed by atoms with van der Waals surface area (Å²) in [5.41, 5.74) is 3.43. The Labute approximate surface area is 137 Å². The fraction of sp³-hybridized carbons (Fsp3) is 0.235. The van der Waals surface area contributed by atoms with Crippen LogP contribution in [0.1, 0.15) is 32.8 Å². The number of esters is 1. The molecule has 1 N–H and O–H groups in total. The molecule has 0 fully saturated rings. The summed E-state index contributed by atoms with van der Waals surface area (Å²) in [7, 11) is 1.37.